The second kappa shape index (κ2) is 9.66. The lowest BCUT2D eigenvalue weighted by molar-refractivity contribution is 0.386. The van der Waals surface area contributed by atoms with Gasteiger partial charge in [-0.05, 0) is 37.5 Å². The van der Waals surface area contributed by atoms with E-state index in [1.165, 1.54) is 13.2 Å². The summed E-state index contributed by atoms with van der Waals surface area (Å²) in [5.74, 6) is 0.662. The van der Waals surface area contributed by atoms with Crippen LogP contribution in [0, 0.1) is 5.82 Å². The molecule has 0 fully saturated rings. The molecule has 0 heterocycles. The second-order valence-corrected chi connectivity index (χ2v) is 4.95. The molecular weight excluding hydrogens is 396 g/mol. The Hall–Kier alpha value is -1.31. The first-order valence-corrected chi connectivity index (χ1v) is 7.25. The summed E-state index contributed by atoms with van der Waals surface area (Å²) in [6.07, 6.45) is 6.36. The van der Waals surface area contributed by atoms with Crippen LogP contribution in [-0.4, -0.2) is 25.7 Å². The van der Waals surface area contributed by atoms with Gasteiger partial charge in [-0.2, -0.15) is 0 Å². The van der Waals surface area contributed by atoms with E-state index >= 15 is 0 Å². The zero-order chi connectivity index (χ0) is 15.1. The number of rotatable bonds is 5. The Morgan fingerprint density at radius 2 is 2.09 bits per heavy atom. The molecule has 1 aromatic carbocycles. The van der Waals surface area contributed by atoms with E-state index in [0.29, 0.717) is 12.6 Å². The molecule has 2 rings (SSSR count). The Kier molecular flexibility index (Phi) is 8.22. The first-order valence-electron chi connectivity index (χ1n) is 7.25. The number of ether oxygens (including phenoxy) is 1. The van der Waals surface area contributed by atoms with Crippen molar-refractivity contribution in [1.29, 1.82) is 0 Å². The molecule has 1 aliphatic rings. The topological polar surface area (TPSA) is 45.7 Å². The van der Waals surface area contributed by atoms with Gasteiger partial charge in [0.15, 0.2) is 17.5 Å². The van der Waals surface area contributed by atoms with Crippen LogP contribution in [0.2, 0.25) is 0 Å². The fraction of sp³-hybridized carbons (Fsp3) is 0.438. The highest BCUT2D eigenvalue weighted by Crippen LogP contribution is 2.18. The lowest BCUT2D eigenvalue weighted by Gasteiger charge is -2.16. The molecule has 2 N–H and O–H groups in total. The maximum absolute atomic E-state index is 13.6. The fourth-order valence-corrected chi connectivity index (χ4v) is 2.23. The van der Waals surface area contributed by atoms with E-state index in [0.717, 1.165) is 30.9 Å². The molecule has 0 atom stereocenters. The summed E-state index contributed by atoms with van der Waals surface area (Å²) >= 11 is 0. The van der Waals surface area contributed by atoms with E-state index < -0.39 is 0 Å². The highest BCUT2D eigenvalue weighted by Gasteiger charge is 2.11. The molecule has 122 valence electrons. The van der Waals surface area contributed by atoms with Crippen molar-refractivity contribution in [2.45, 2.75) is 32.4 Å². The first-order chi connectivity index (χ1) is 10.2. The third kappa shape index (κ3) is 5.47. The minimum Gasteiger partial charge on any atom is -0.494 e. The molecule has 0 saturated heterocycles. The minimum absolute atomic E-state index is 0. The van der Waals surface area contributed by atoms with Gasteiger partial charge in [-0.1, -0.05) is 18.2 Å². The third-order valence-electron chi connectivity index (χ3n) is 3.33. The molecule has 0 aromatic heterocycles. The summed E-state index contributed by atoms with van der Waals surface area (Å²) in [6.45, 7) is 3.25. The van der Waals surface area contributed by atoms with Gasteiger partial charge < -0.3 is 15.4 Å². The van der Waals surface area contributed by atoms with Gasteiger partial charge in [-0.25, -0.2) is 9.38 Å². The Labute approximate surface area is 148 Å². The largest absolute Gasteiger partial charge is 0.494 e. The molecule has 0 aliphatic heterocycles. The highest BCUT2D eigenvalue weighted by molar-refractivity contribution is 14.0. The lowest BCUT2D eigenvalue weighted by Crippen LogP contribution is -2.42. The molecule has 0 unspecified atom stereocenters. The standard InChI is InChI=1S/C16H22FN3O.HI/c1-3-18-16(20-13-6-4-5-7-13)19-11-12-8-9-15(21-2)14(17)10-12;/h4-5,8-10,13H,3,6-7,11H2,1-2H3,(H2,18,19,20);1H. The Morgan fingerprint density at radius 1 is 1.36 bits per heavy atom. The zero-order valence-electron chi connectivity index (χ0n) is 12.9. The summed E-state index contributed by atoms with van der Waals surface area (Å²) in [7, 11) is 1.46. The predicted octanol–water partition coefficient (Wildman–Crippen LogP) is 3.23. The summed E-state index contributed by atoms with van der Waals surface area (Å²) < 4.78 is 18.5. The molecule has 4 nitrogen and oxygen atoms in total. The van der Waals surface area contributed by atoms with Crippen LogP contribution in [-0.2, 0) is 6.54 Å². The molecule has 22 heavy (non-hydrogen) atoms. The number of aliphatic imine (C=N–C) groups is 1. The van der Waals surface area contributed by atoms with Crippen molar-refractivity contribution in [3.63, 3.8) is 0 Å². The van der Waals surface area contributed by atoms with Gasteiger partial charge in [0.2, 0.25) is 0 Å². The Bertz CT molecular complexity index is 526. The van der Waals surface area contributed by atoms with Gasteiger partial charge in [-0.3, -0.25) is 0 Å². The van der Waals surface area contributed by atoms with Crippen LogP contribution < -0.4 is 15.4 Å². The maximum Gasteiger partial charge on any atom is 0.191 e. The van der Waals surface area contributed by atoms with Gasteiger partial charge in [0.25, 0.3) is 0 Å². The molecule has 0 spiro atoms. The van der Waals surface area contributed by atoms with Gasteiger partial charge >= 0.3 is 0 Å². The molecule has 0 amide bonds. The number of methoxy groups -OCH3 is 1. The summed E-state index contributed by atoms with van der Waals surface area (Å²) in [5, 5.41) is 6.59. The van der Waals surface area contributed by atoms with Crippen LogP contribution in [0.1, 0.15) is 25.3 Å². The number of guanidine groups is 1. The zero-order valence-corrected chi connectivity index (χ0v) is 15.3. The van der Waals surface area contributed by atoms with Gasteiger partial charge in [0.1, 0.15) is 0 Å². The molecule has 0 radical (unpaired) electrons. The van der Waals surface area contributed by atoms with Gasteiger partial charge in [0.05, 0.1) is 13.7 Å². The average Bonchev–Trinajstić information content (AvgIpc) is 2.98. The maximum atomic E-state index is 13.6. The summed E-state index contributed by atoms with van der Waals surface area (Å²) in [5.41, 5.74) is 0.815. The summed E-state index contributed by atoms with van der Waals surface area (Å²) in [6, 6.07) is 5.31. The normalized spacial score (nSPS) is 14.6. The smallest absolute Gasteiger partial charge is 0.191 e. The lowest BCUT2D eigenvalue weighted by atomic mass is 10.2. The van der Waals surface area contributed by atoms with Gasteiger partial charge in [0, 0.05) is 12.6 Å². The molecule has 6 heteroatoms. The van der Waals surface area contributed by atoms with E-state index in [1.54, 1.807) is 6.07 Å². The van der Waals surface area contributed by atoms with E-state index in [4.69, 9.17) is 4.74 Å². The van der Waals surface area contributed by atoms with Crippen LogP contribution >= 0.6 is 24.0 Å². The van der Waals surface area contributed by atoms with E-state index in [2.05, 4.69) is 27.8 Å². The number of benzene rings is 1. The predicted molar refractivity (Wildman–Crippen MR) is 98.5 cm³/mol. The van der Waals surface area contributed by atoms with E-state index in [9.17, 15) is 4.39 Å². The number of nitrogens with one attached hydrogen (secondary N) is 2. The van der Waals surface area contributed by atoms with Crippen molar-refractivity contribution in [1.82, 2.24) is 10.6 Å². The minimum atomic E-state index is -0.358. The van der Waals surface area contributed by atoms with Crippen LogP contribution in [0.3, 0.4) is 0 Å². The van der Waals surface area contributed by atoms with Crippen molar-refractivity contribution in [3.05, 3.63) is 41.7 Å². The van der Waals surface area contributed by atoms with Crippen LogP contribution in [0.5, 0.6) is 5.75 Å². The van der Waals surface area contributed by atoms with Crippen molar-refractivity contribution in [2.75, 3.05) is 13.7 Å². The third-order valence-corrected chi connectivity index (χ3v) is 3.33. The van der Waals surface area contributed by atoms with E-state index in [1.807, 2.05) is 13.0 Å². The first kappa shape index (κ1) is 18.7. The number of hydrogen-bond donors (Lipinski definition) is 2. The number of halogens is 2. The van der Waals surface area contributed by atoms with Crippen molar-refractivity contribution >= 4 is 29.9 Å². The van der Waals surface area contributed by atoms with E-state index in [-0.39, 0.29) is 35.5 Å². The molecule has 0 saturated carbocycles. The monoisotopic (exact) mass is 419 g/mol. The van der Waals surface area contributed by atoms with Crippen LogP contribution in [0.4, 0.5) is 4.39 Å². The van der Waals surface area contributed by atoms with Crippen molar-refractivity contribution < 1.29 is 9.13 Å². The number of nitrogens with zero attached hydrogens (tertiary/aromatic N) is 1. The highest BCUT2D eigenvalue weighted by atomic mass is 127. The Balaban J connectivity index is 0.00000242. The molecule has 1 aromatic rings. The summed E-state index contributed by atoms with van der Waals surface area (Å²) in [4.78, 5) is 4.50. The molecular formula is C16H23FIN3O. The average molecular weight is 419 g/mol. The quantitative estimate of drug-likeness (QED) is 0.334. The van der Waals surface area contributed by atoms with Crippen molar-refractivity contribution in [2.24, 2.45) is 4.99 Å². The molecule has 0 bridgehead atoms. The van der Waals surface area contributed by atoms with Crippen LogP contribution in [0.25, 0.3) is 0 Å². The molecule has 1 aliphatic carbocycles. The Morgan fingerprint density at radius 3 is 2.68 bits per heavy atom. The van der Waals surface area contributed by atoms with Crippen molar-refractivity contribution in [3.8, 4) is 5.75 Å². The fourth-order valence-electron chi connectivity index (χ4n) is 2.23. The van der Waals surface area contributed by atoms with Gasteiger partial charge in [-0.15, -0.1) is 24.0 Å². The second-order valence-electron chi connectivity index (χ2n) is 4.95. The van der Waals surface area contributed by atoms with Crippen LogP contribution in [0.15, 0.2) is 35.3 Å². The SMILES string of the molecule is CCNC(=NCc1ccc(OC)c(F)c1)NC1CC=CC1.I. The number of hydrogen-bond acceptors (Lipinski definition) is 2.